The van der Waals surface area contributed by atoms with Gasteiger partial charge >= 0.3 is 20.2 Å². The molecule has 0 aromatic heterocycles. The molecule has 0 aromatic carbocycles. The lowest BCUT2D eigenvalue weighted by molar-refractivity contribution is -0.119. The molecule has 10 nitrogen and oxygen atoms in total. The maximum Gasteiger partial charge on any atom is 0.302 e. The van der Waals surface area contributed by atoms with E-state index in [-0.39, 0.29) is 0 Å². The predicted molar refractivity (Wildman–Crippen MR) is 52.4 cm³/mol. The summed E-state index contributed by atoms with van der Waals surface area (Å²) in [5.74, 6) is -7.79. The summed E-state index contributed by atoms with van der Waals surface area (Å²) in [6, 6.07) is 0. The Morgan fingerprint density at radius 1 is 0.667 bits per heavy atom. The van der Waals surface area contributed by atoms with Crippen LogP contribution in [0.25, 0.3) is 0 Å². The second-order valence-electron chi connectivity index (χ2n) is 2.96. The van der Waals surface area contributed by atoms with Gasteiger partial charge in [0.2, 0.25) is 5.78 Å². The predicted octanol–water partition coefficient (Wildman–Crippen LogP) is -1.55. The molecule has 0 fully saturated rings. The molecule has 0 aliphatic heterocycles. The number of rotatable bonds is 2. The summed E-state index contributed by atoms with van der Waals surface area (Å²) in [5, 5.41) is 18.0. The Hall–Kier alpha value is -1.76. The van der Waals surface area contributed by atoms with Crippen LogP contribution in [-0.4, -0.2) is 47.7 Å². The Kier molecular flexibility index (Phi) is 3.08. The number of ketones is 2. The highest BCUT2D eigenvalue weighted by atomic mass is 32.2. The highest BCUT2D eigenvalue weighted by Crippen LogP contribution is 2.27. The van der Waals surface area contributed by atoms with E-state index in [0.717, 1.165) is 0 Å². The highest BCUT2D eigenvalue weighted by molar-refractivity contribution is 7.93. The first-order valence-corrected chi connectivity index (χ1v) is 6.68. The van der Waals surface area contributed by atoms with Crippen molar-refractivity contribution in [3.63, 3.8) is 0 Å². The van der Waals surface area contributed by atoms with Crippen molar-refractivity contribution < 1.29 is 45.7 Å². The average Bonchev–Trinajstić information content (AvgIpc) is 2.09. The molecule has 100 valence electrons. The molecule has 0 spiro atoms. The molecule has 1 aliphatic rings. The molecule has 0 atom stereocenters. The molecule has 1 aliphatic carbocycles. The lowest BCUT2D eigenvalue weighted by Gasteiger charge is -2.13. The zero-order chi connectivity index (χ0) is 14.5. The first-order valence-electron chi connectivity index (χ1n) is 3.80. The van der Waals surface area contributed by atoms with E-state index < -0.39 is 53.1 Å². The summed E-state index contributed by atoms with van der Waals surface area (Å²) < 4.78 is 60.0. The number of Topliss-reactive ketones (excluding diaryl/α,β-unsaturated/α-hetero) is 2. The summed E-state index contributed by atoms with van der Waals surface area (Å²) in [7, 11) is -10.9. The van der Waals surface area contributed by atoms with Gasteiger partial charge in [-0.15, -0.1) is 0 Å². The first kappa shape index (κ1) is 14.3. The Bertz CT molecular complexity index is 656. The minimum atomic E-state index is -5.44. The third kappa shape index (κ3) is 2.13. The third-order valence-corrected chi connectivity index (χ3v) is 3.58. The van der Waals surface area contributed by atoms with Gasteiger partial charge in [0.15, 0.2) is 21.3 Å². The van der Waals surface area contributed by atoms with Crippen molar-refractivity contribution in [2.45, 2.75) is 0 Å². The van der Waals surface area contributed by atoms with E-state index in [2.05, 4.69) is 0 Å². The zero-order valence-corrected chi connectivity index (χ0v) is 9.69. The summed E-state index contributed by atoms with van der Waals surface area (Å²) >= 11 is 0. The van der Waals surface area contributed by atoms with Gasteiger partial charge in [-0.1, -0.05) is 0 Å². The summed E-state index contributed by atoms with van der Waals surface area (Å²) in [5.41, 5.74) is 0. The van der Waals surface area contributed by atoms with Crippen molar-refractivity contribution in [1.29, 1.82) is 0 Å². The maximum absolute atomic E-state index is 11.3. The van der Waals surface area contributed by atoms with Crippen LogP contribution in [0.1, 0.15) is 0 Å². The topological polar surface area (TPSA) is 183 Å². The van der Waals surface area contributed by atoms with Gasteiger partial charge in [-0.05, 0) is 0 Å². The molecule has 0 unspecified atom stereocenters. The lowest BCUT2D eigenvalue weighted by atomic mass is 10.1. The summed E-state index contributed by atoms with van der Waals surface area (Å²) in [6.45, 7) is 0. The Labute approximate surface area is 99.3 Å². The molecule has 0 saturated heterocycles. The van der Waals surface area contributed by atoms with Crippen molar-refractivity contribution in [2.24, 2.45) is 0 Å². The van der Waals surface area contributed by atoms with Crippen molar-refractivity contribution in [3.8, 4) is 0 Å². The van der Waals surface area contributed by atoms with Crippen molar-refractivity contribution in [1.82, 2.24) is 0 Å². The summed E-state index contributed by atoms with van der Waals surface area (Å²) in [4.78, 5) is 18.5. The number of hydrogen-bond acceptors (Lipinski definition) is 8. The van der Waals surface area contributed by atoms with E-state index in [0.29, 0.717) is 0 Å². The molecule has 0 bridgehead atoms. The molecule has 0 saturated carbocycles. The fourth-order valence-corrected chi connectivity index (χ4v) is 2.53. The van der Waals surface area contributed by atoms with Gasteiger partial charge in [0.25, 0.3) is 5.78 Å². The van der Waals surface area contributed by atoms with Gasteiger partial charge < -0.3 is 10.2 Å². The molecule has 0 aromatic rings. The van der Waals surface area contributed by atoms with Crippen LogP contribution in [0.4, 0.5) is 0 Å². The van der Waals surface area contributed by atoms with Crippen LogP contribution >= 0.6 is 0 Å². The lowest BCUT2D eigenvalue weighted by Crippen LogP contribution is -2.31. The largest absolute Gasteiger partial charge is 0.503 e. The number of aliphatic hydroxyl groups is 2. The Morgan fingerprint density at radius 3 is 1.17 bits per heavy atom. The molecule has 12 heteroatoms. The van der Waals surface area contributed by atoms with E-state index in [4.69, 9.17) is 19.3 Å². The number of carbonyl (C=O) groups excluding carboxylic acids is 2. The quantitative estimate of drug-likeness (QED) is 0.344. The van der Waals surface area contributed by atoms with Gasteiger partial charge in [-0.3, -0.25) is 18.7 Å². The van der Waals surface area contributed by atoms with Crippen LogP contribution in [0, 0.1) is 0 Å². The van der Waals surface area contributed by atoms with Gasteiger partial charge in [-0.25, -0.2) is 0 Å². The van der Waals surface area contributed by atoms with E-state index in [1.54, 1.807) is 0 Å². The van der Waals surface area contributed by atoms with Crippen LogP contribution in [0.2, 0.25) is 0 Å². The summed E-state index contributed by atoms with van der Waals surface area (Å²) in [6.07, 6.45) is 0. The van der Waals surface area contributed by atoms with Crippen LogP contribution in [0.3, 0.4) is 0 Å². The fourth-order valence-electron chi connectivity index (χ4n) is 1.12. The number of carbonyl (C=O) groups is 2. The number of hydrogen-bond donors (Lipinski definition) is 4. The third-order valence-electron chi connectivity index (χ3n) is 1.79. The van der Waals surface area contributed by atoms with Gasteiger partial charge in [-0.2, -0.15) is 16.8 Å². The normalized spacial score (nSPS) is 18.6. The second-order valence-corrected chi connectivity index (χ2v) is 5.68. The molecular formula is C6H4O10S2. The molecule has 4 N–H and O–H groups in total. The van der Waals surface area contributed by atoms with E-state index in [1.165, 1.54) is 0 Å². The SMILES string of the molecule is O=C1C(O)=C(S(=O)(=O)O)C(=O)C(S(=O)(=O)O)=C1O. The Balaban J connectivity index is 3.77. The van der Waals surface area contributed by atoms with Crippen LogP contribution < -0.4 is 0 Å². The van der Waals surface area contributed by atoms with E-state index in [9.17, 15) is 26.4 Å². The number of allylic oxidation sites excluding steroid dienone is 2. The smallest absolute Gasteiger partial charge is 0.302 e. The van der Waals surface area contributed by atoms with E-state index >= 15 is 0 Å². The van der Waals surface area contributed by atoms with Crippen LogP contribution in [-0.2, 0) is 29.8 Å². The average molecular weight is 300 g/mol. The highest BCUT2D eigenvalue weighted by Gasteiger charge is 2.45. The standard InChI is InChI=1S/C6H4O10S2/c7-1-2(8)5(17(11,12)13)4(10)6(3(1)9)18(14,15)16/h8-9H,(H,11,12,13)(H,14,15,16). The second kappa shape index (κ2) is 3.88. The molecule has 0 amide bonds. The zero-order valence-electron chi connectivity index (χ0n) is 8.05. The van der Waals surface area contributed by atoms with Crippen molar-refractivity contribution >= 4 is 31.8 Å². The minimum absolute atomic E-state index is 1.85. The van der Waals surface area contributed by atoms with Crippen LogP contribution in [0.5, 0.6) is 0 Å². The minimum Gasteiger partial charge on any atom is -0.503 e. The molecule has 0 heterocycles. The fraction of sp³-hybridized carbons (Fsp3) is 0. The van der Waals surface area contributed by atoms with Gasteiger partial charge in [0.1, 0.15) is 0 Å². The molecule has 18 heavy (non-hydrogen) atoms. The molecule has 1 rings (SSSR count). The first-order chi connectivity index (χ1) is 7.89. The molecular weight excluding hydrogens is 296 g/mol. The maximum atomic E-state index is 11.3. The van der Waals surface area contributed by atoms with E-state index in [1.807, 2.05) is 0 Å². The number of aliphatic hydroxyl groups excluding tert-OH is 2. The Morgan fingerprint density at radius 2 is 0.944 bits per heavy atom. The van der Waals surface area contributed by atoms with Crippen LogP contribution in [0.15, 0.2) is 21.3 Å². The van der Waals surface area contributed by atoms with Crippen molar-refractivity contribution in [3.05, 3.63) is 21.3 Å². The monoisotopic (exact) mass is 300 g/mol. The molecule has 0 radical (unpaired) electrons. The van der Waals surface area contributed by atoms with Gasteiger partial charge in [0.05, 0.1) is 0 Å². The van der Waals surface area contributed by atoms with Crippen molar-refractivity contribution in [2.75, 3.05) is 0 Å². The van der Waals surface area contributed by atoms with Gasteiger partial charge in [0, 0.05) is 0 Å².